The number of hydrogen-bond donors (Lipinski definition) is 2. The minimum Gasteiger partial charge on any atom is -0.489 e. The van der Waals surface area contributed by atoms with Crippen molar-refractivity contribution in [3.05, 3.63) is 100 Å². The van der Waals surface area contributed by atoms with Gasteiger partial charge in [-0.25, -0.2) is 9.59 Å². The molecule has 0 aliphatic heterocycles. The molecule has 2 N–H and O–H groups in total. The summed E-state index contributed by atoms with van der Waals surface area (Å²) in [6.07, 6.45) is -1.22. The third-order valence-electron chi connectivity index (χ3n) is 5.43. The van der Waals surface area contributed by atoms with Crippen LogP contribution in [0.5, 0.6) is 5.75 Å². The number of rotatable bonds is 8. The monoisotopic (exact) mass is 506 g/mol. The average Bonchev–Trinajstić information content (AvgIpc) is 3.23. The van der Waals surface area contributed by atoms with E-state index < -0.39 is 18.2 Å². The van der Waals surface area contributed by atoms with Gasteiger partial charge in [0, 0.05) is 16.1 Å². The maximum Gasteiger partial charge on any atom is 0.412 e. The van der Waals surface area contributed by atoms with Crippen molar-refractivity contribution in [2.24, 2.45) is 0 Å². The maximum absolute atomic E-state index is 12.6. The number of aromatic carboxylic acids is 1. The number of aryl methyl sites for hydroxylation is 1. The van der Waals surface area contributed by atoms with Gasteiger partial charge in [0.05, 0.1) is 5.56 Å². The first-order valence-corrected chi connectivity index (χ1v) is 11.4. The topological polar surface area (TPSA) is 111 Å². The van der Waals surface area contributed by atoms with E-state index in [0.29, 0.717) is 33.5 Å². The largest absolute Gasteiger partial charge is 0.489 e. The third-order valence-corrected chi connectivity index (χ3v) is 5.77. The first kappa shape index (κ1) is 24.8. The summed E-state index contributed by atoms with van der Waals surface area (Å²) in [7, 11) is 0. The molecule has 3 aromatic carbocycles. The van der Waals surface area contributed by atoms with E-state index in [1.165, 1.54) is 12.1 Å². The predicted octanol–water partition coefficient (Wildman–Crippen LogP) is 6.89. The first-order chi connectivity index (χ1) is 17.3. The van der Waals surface area contributed by atoms with E-state index in [-0.39, 0.29) is 12.2 Å². The molecule has 4 rings (SSSR count). The number of carbonyl (C=O) groups is 2. The van der Waals surface area contributed by atoms with Gasteiger partial charge in [-0.05, 0) is 43.7 Å². The second-order valence-corrected chi connectivity index (χ2v) is 8.38. The van der Waals surface area contributed by atoms with Crippen LogP contribution in [0.25, 0.3) is 11.3 Å². The van der Waals surface area contributed by atoms with Gasteiger partial charge in [0.15, 0.2) is 5.76 Å². The van der Waals surface area contributed by atoms with Crippen LogP contribution in [-0.4, -0.2) is 22.3 Å². The van der Waals surface area contributed by atoms with Gasteiger partial charge in [-0.3, -0.25) is 5.32 Å². The van der Waals surface area contributed by atoms with Crippen LogP contribution in [0, 0.1) is 6.92 Å². The highest BCUT2D eigenvalue weighted by Crippen LogP contribution is 2.31. The number of benzene rings is 3. The molecule has 0 aliphatic carbocycles. The quantitative estimate of drug-likeness (QED) is 0.267. The summed E-state index contributed by atoms with van der Waals surface area (Å²) in [5.74, 6) is -0.125. The normalized spacial score (nSPS) is 11.5. The Balaban J connectivity index is 1.42. The highest BCUT2D eigenvalue weighted by Gasteiger charge is 2.20. The average molecular weight is 507 g/mol. The summed E-state index contributed by atoms with van der Waals surface area (Å²) < 4.78 is 16.5. The fourth-order valence-electron chi connectivity index (χ4n) is 3.52. The number of nitrogens with one attached hydrogen (secondary N) is 1. The zero-order valence-corrected chi connectivity index (χ0v) is 20.3. The summed E-state index contributed by atoms with van der Waals surface area (Å²) in [5.41, 5.74) is 3.30. The summed E-state index contributed by atoms with van der Waals surface area (Å²) in [4.78, 5) is 23.7. The van der Waals surface area contributed by atoms with E-state index in [2.05, 4.69) is 10.5 Å². The fourth-order valence-corrected chi connectivity index (χ4v) is 3.81. The molecule has 1 unspecified atom stereocenters. The number of amides is 1. The number of nitrogens with zero attached hydrogens (tertiary/aromatic N) is 1. The SMILES string of the molecule is Cc1onc(-c2ccc(COc3cccc(C(=O)O)c3)cc2)c1NC(=O)OC(C)c1ccccc1Cl. The standard InChI is InChI=1S/C27H23ClN2O6/c1-16(22-8-3-4-9-23(22)28)35-27(33)29-24-17(2)36-30-25(24)19-12-10-18(11-13-19)15-34-21-7-5-6-20(14-21)26(31)32/h3-14,16H,15H2,1-2H3,(H,29,33)(H,31,32). The molecule has 0 saturated carbocycles. The first-order valence-electron chi connectivity index (χ1n) is 11.1. The number of aromatic nitrogens is 1. The second-order valence-electron chi connectivity index (χ2n) is 7.98. The molecule has 0 spiro atoms. The number of halogens is 1. The molecule has 4 aromatic rings. The highest BCUT2D eigenvalue weighted by molar-refractivity contribution is 6.31. The number of hydrogen-bond acceptors (Lipinski definition) is 6. The smallest absolute Gasteiger partial charge is 0.412 e. The predicted molar refractivity (Wildman–Crippen MR) is 134 cm³/mol. The van der Waals surface area contributed by atoms with Crippen molar-refractivity contribution in [2.75, 3.05) is 5.32 Å². The van der Waals surface area contributed by atoms with Crippen LogP contribution in [0.4, 0.5) is 10.5 Å². The van der Waals surface area contributed by atoms with E-state index in [9.17, 15) is 9.59 Å². The van der Waals surface area contributed by atoms with Gasteiger partial charge >= 0.3 is 12.1 Å². The molecular weight excluding hydrogens is 484 g/mol. The van der Waals surface area contributed by atoms with Gasteiger partial charge in [0.2, 0.25) is 0 Å². The Morgan fingerprint density at radius 1 is 1.08 bits per heavy atom. The Kier molecular flexibility index (Phi) is 7.56. The molecule has 1 atom stereocenters. The van der Waals surface area contributed by atoms with Gasteiger partial charge in [0.1, 0.15) is 29.8 Å². The Labute approximate surface area is 212 Å². The molecule has 9 heteroatoms. The summed E-state index contributed by atoms with van der Waals surface area (Å²) in [5, 5.41) is 16.4. The van der Waals surface area contributed by atoms with Crippen molar-refractivity contribution >= 4 is 29.4 Å². The van der Waals surface area contributed by atoms with E-state index in [1.807, 2.05) is 30.3 Å². The number of carboxylic acid groups (broad SMARTS) is 1. The molecule has 8 nitrogen and oxygen atoms in total. The number of anilines is 1. The van der Waals surface area contributed by atoms with E-state index in [1.54, 1.807) is 44.2 Å². The van der Waals surface area contributed by atoms with Crippen LogP contribution in [0.3, 0.4) is 0 Å². The number of ether oxygens (including phenoxy) is 2. The van der Waals surface area contributed by atoms with Crippen LogP contribution in [-0.2, 0) is 11.3 Å². The Hall–Kier alpha value is -4.30. The van der Waals surface area contributed by atoms with Crippen molar-refractivity contribution in [3.8, 4) is 17.0 Å². The molecule has 0 aliphatic rings. The highest BCUT2D eigenvalue weighted by atomic mass is 35.5. The maximum atomic E-state index is 12.6. The lowest BCUT2D eigenvalue weighted by Gasteiger charge is -2.15. The van der Waals surface area contributed by atoms with Crippen molar-refractivity contribution in [3.63, 3.8) is 0 Å². The van der Waals surface area contributed by atoms with E-state index >= 15 is 0 Å². The van der Waals surface area contributed by atoms with Gasteiger partial charge in [-0.15, -0.1) is 0 Å². The Morgan fingerprint density at radius 3 is 2.56 bits per heavy atom. The molecule has 0 fully saturated rings. The zero-order valence-electron chi connectivity index (χ0n) is 19.5. The van der Waals surface area contributed by atoms with Gasteiger partial charge in [-0.1, -0.05) is 65.3 Å². The van der Waals surface area contributed by atoms with Crippen molar-refractivity contribution in [1.82, 2.24) is 5.16 Å². The van der Waals surface area contributed by atoms with Crippen molar-refractivity contribution in [1.29, 1.82) is 0 Å². The zero-order chi connectivity index (χ0) is 25.7. The minimum absolute atomic E-state index is 0.157. The van der Waals surface area contributed by atoms with Crippen LogP contribution in [0.2, 0.25) is 5.02 Å². The Morgan fingerprint density at radius 2 is 1.83 bits per heavy atom. The lowest BCUT2D eigenvalue weighted by Crippen LogP contribution is -2.17. The van der Waals surface area contributed by atoms with Crippen LogP contribution < -0.4 is 10.1 Å². The van der Waals surface area contributed by atoms with Crippen molar-refractivity contribution < 1.29 is 28.7 Å². The summed E-state index contributed by atoms with van der Waals surface area (Å²) >= 11 is 6.20. The van der Waals surface area contributed by atoms with Gasteiger partial charge in [0.25, 0.3) is 0 Å². The van der Waals surface area contributed by atoms with Crippen LogP contribution >= 0.6 is 11.6 Å². The van der Waals surface area contributed by atoms with Crippen LogP contribution in [0.1, 0.15) is 40.3 Å². The minimum atomic E-state index is -1.01. The van der Waals surface area contributed by atoms with Gasteiger partial charge in [-0.2, -0.15) is 0 Å². The molecule has 1 amide bonds. The van der Waals surface area contributed by atoms with Crippen molar-refractivity contribution in [2.45, 2.75) is 26.6 Å². The summed E-state index contributed by atoms with van der Waals surface area (Å²) in [6.45, 7) is 3.68. The second kappa shape index (κ2) is 11.0. The van der Waals surface area contributed by atoms with E-state index in [0.717, 1.165) is 11.1 Å². The molecular formula is C27H23ClN2O6. The molecule has 0 radical (unpaired) electrons. The molecule has 0 bridgehead atoms. The molecule has 36 heavy (non-hydrogen) atoms. The summed E-state index contributed by atoms with van der Waals surface area (Å²) in [6, 6.07) is 20.8. The van der Waals surface area contributed by atoms with E-state index in [4.69, 9.17) is 30.7 Å². The molecule has 1 aromatic heterocycles. The van der Waals surface area contributed by atoms with Crippen LogP contribution in [0.15, 0.2) is 77.3 Å². The lowest BCUT2D eigenvalue weighted by atomic mass is 10.1. The lowest BCUT2D eigenvalue weighted by molar-refractivity contribution is 0.0696. The fraction of sp³-hybridized carbons (Fsp3) is 0.148. The Bertz CT molecular complexity index is 1380. The third kappa shape index (κ3) is 5.84. The number of carboxylic acids is 1. The molecule has 0 saturated heterocycles. The number of carbonyl (C=O) groups excluding carboxylic acids is 1. The van der Waals surface area contributed by atoms with Gasteiger partial charge < -0.3 is 19.1 Å². The molecule has 1 heterocycles. The molecule has 184 valence electrons.